The van der Waals surface area contributed by atoms with Gasteiger partial charge >= 0.3 is 0 Å². The zero-order chi connectivity index (χ0) is 16.8. The summed E-state index contributed by atoms with van der Waals surface area (Å²) in [7, 11) is 0. The molecule has 1 unspecified atom stereocenters. The van der Waals surface area contributed by atoms with Crippen LogP contribution < -0.4 is 10.2 Å². The van der Waals surface area contributed by atoms with Gasteiger partial charge in [-0.25, -0.2) is 0 Å². The molecule has 0 bridgehead atoms. The first-order valence-corrected chi connectivity index (χ1v) is 8.14. The third-order valence-electron chi connectivity index (χ3n) is 4.19. The van der Waals surface area contributed by atoms with E-state index in [1.807, 2.05) is 6.92 Å². The molecule has 1 aromatic rings. The van der Waals surface area contributed by atoms with Crippen LogP contribution >= 0.6 is 0 Å². The number of carbonyl (C=O) groups excluding carboxylic acids is 2. The van der Waals surface area contributed by atoms with Crippen molar-refractivity contribution in [2.24, 2.45) is 5.92 Å². The Labute approximate surface area is 137 Å². The van der Waals surface area contributed by atoms with E-state index in [1.165, 1.54) is 6.92 Å². The highest BCUT2D eigenvalue weighted by Crippen LogP contribution is 2.28. The van der Waals surface area contributed by atoms with E-state index in [4.69, 9.17) is 5.26 Å². The van der Waals surface area contributed by atoms with Crippen molar-refractivity contribution in [3.63, 3.8) is 0 Å². The normalized spacial score (nSPS) is 17.4. The Morgan fingerprint density at radius 1 is 1.43 bits per heavy atom. The van der Waals surface area contributed by atoms with Crippen LogP contribution in [0.3, 0.4) is 0 Å². The molecule has 5 nitrogen and oxygen atoms in total. The highest BCUT2D eigenvalue weighted by atomic mass is 16.2. The van der Waals surface area contributed by atoms with Crippen molar-refractivity contribution in [3.8, 4) is 6.07 Å². The molecule has 0 saturated carbocycles. The molecule has 1 heterocycles. The Morgan fingerprint density at radius 3 is 2.87 bits per heavy atom. The van der Waals surface area contributed by atoms with Crippen molar-refractivity contribution in [1.82, 2.24) is 5.32 Å². The van der Waals surface area contributed by atoms with E-state index in [1.54, 1.807) is 18.2 Å². The Hall–Kier alpha value is -2.35. The van der Waals surface area contributed by atoms with Gasteiger partial charge in [0, 0.05) is 30.9 Å². The average Bonchev–Trinajstić information content (AvgIpc) is 2.59. The Kier molecular flexibility index (Phi) is 5.75. The average molecular weight is 313 g/mol. The zero-order valence-corrected chi connectivity index (χ0v) is 13.8. The molecule has 1 N–H and O–H groups in total. The number of piperidine rings is 1. The minimum Gasteiger partial charge on any atom is -0.370 e. The lowest BCUT2D eigenvalue weighted by molar-refractivity contribution is -0.125. The second-order valence-electron chi connectivity index (χ2n) is 5.98. The van der Waals surface area contributed by atoms with E-state index < -0.39 is 0 Å². The standard InChI is InChI=1S/C18H23N3O2/c1-3-8-20-18(23)15-5-4-9-21(12-15)17-10-14(11-19)6-7-16(17)13(2)22/h6-7,10,15H,3-5,8-9,12H2,1-2H3,(H,20,23). The molecule has 0 aliphatic carbocycles. The predicted octanol–water partition coefficient (Wildman–Crippen LogP) is 2.50. The fraction of sp³-hybridized carbons (Fsp3) is 0.500. The van der Waals surface area contributed by atoms with Crippen molar-refractivity contribution in [2.75, 3.05) is 24.5 Å². The van der Waals surface area contributed by atoms with Crippen molar-refractivity contribution >= 4 is 17.4 Å². The topological polar surface area (TPSA) is 73.2 Å². The van der Waals surface area contributed by atoms with Crippen molar-refractivity contribution in [1.29, 1.82) is 5.26 Å². The highest BCUT2D eigenvalue weighted by Gasteiger charge is 2.27. The van der Waals surface area contributed by atoms with Crippen molar-refractivity contribution in [3.05, 3.63) is 29.3 Å². The van der Waals surface area contributed by atoms with Crippen LogP contribution in [-0.2, 0) is 4.79 Å². The summed E-state index contributed by atoms with van der Waals surface area (Å²) in [4.78, 5) is 26.2. The number of benzene rings is 1. The molecular formula is C18H23N3O2. The molecule has 2 rings (SSSR count). The number of nitrogens with one attached hydrogen (secondary N) is 1. The van der Waals surface area contributed by atoms with Gasteiger partial charge in [-0.1, -0.05) is 6.92 Å². The van der Waals surface area contributed by atoms with Gasteiger partial charge in [-0.2, -0.15) is 5.26 Å². The zero-order valence-electron chi connectivity index (χ0n) is 13.8. The number of rotatable bonds is 5. The molecule has 1 aliphatic rings. The summed E-state index contributed by atoms with van der Waals surface area (Å²) in [6.07, 6.45) is 2.68. The molecule has 23 heavy (non-hydrogen) atoms. The van der Waals surface area contributed by atoms with E-state index in [2.05, 4.69) is 16.3 Å². The lowest BCUT2D eigenvalue weighted by Gasteiger charge is -2.34. The first-order chi connectivity index (χ1) is 11.1. The molecule has 0 aromatic heterocycles. The van der Waals surface area contributed by atoms with Crippen LogP contribution in [0.1, 0.15) is 49.0 Å². The summed E-state index contributed by atoms with van der Waals surface area (Å²) in [6, 6.07) is 7.24. The lowest BCUT2D eigenvalue weighted by Crippen LogP contribution is -2.43. The Balaban J connectivity index is 2.22. The summed E-state index contributed by atoms with van der Waals surface area (Å²) >= 11 is 0. The summed E-state index contributed by atoms with van der Waals surface area (Å²) in [5.74, 6) is -0.0136. The molecular weight excluding hydrogens is 290 g/mol. The maximum Gasteiger partial charge on any atom is 0.224 e. The number of ketones is 1. The first kappa shape index (κ1) is 17.0. The smallest absolute Gasteiger partial charge is 0.224 e. The highest BCUT2D eigenvalue weighted by molar-refractivity contribution is 6.00. The number of carbonyl (C=O) groups is 2. The molecule has 1 aromatic carbocycles. The van der Waals surface area contributed by atoms with Gasteiger partial charge in [0.25, 0.3) is 0 Å². The van der Waals surface area contributed by atoms with Gasteiger partial charge < -0.3 is 10.2 Å². The van der Waals surface area contributed by atoms with Gasteiger partial charge in [-0.3, -0.25) is 9.59 Å². The number of anilines is 1. The Morgan fingerprint density at radius 2 is 2.22 bits per heavy atom. The number of nitrogens with zero attached hydrogens (tertiary/aromatic N) is 2. The molecule has 1 saturated heterocycles. The van der Waals surface area contributed by atoms with Crippen LogP contribution in [0.25, 0.3) is 0 Å². The second kappa shape index (κ2) is 7.77. The van der Waals surface area contributed by atoms with E-state index in [-0.39, 0.29) is 17.6 Å². The SMILES string of the molecule is CCCNC(=O)C1CCCN(c2cc(C#N)ccc2C(C)=O)C1. The maximum absolute atomic E-state index is 12.2. The van der Waals surface area contributed by atoms with Crippen LogP contribution in [0.2, 0.25) is 0 Å². The first-order valence-electron chi connectivity index (χ1n) is 8.14. The summed E-state index contributed by atoms with van der Waals surface area (Å²) in [5.41, 5.74) is 1.91. The molecule has 1 fully saturated rings. The van der Waals surface area contributed by atoms with Gasteiger partial charge in [-0.05, 0) is 44.4 Å². The molecule has 122 valence electrons. The van der Waals surface area contributed by atoms with Crippen LogP contribution in [0.15, 0.2) is 18.2 Å². The second-order valence-corrected chi connectivity index (χ2v) is 5.98. The summed E-state index contributed by atoms with van der Waals surface area (Å²) in [5, 5.41) is 12.1. The minimum absolute atomic E-state index is 0.0259. The number of nitriles is 1. The predicted molar refractivity (Wildman–Crippen MR) is 89.4 cm³/mol. The van der Waals surface area contributed by atoms with E-state index >= 15 is 0 Å². The van der Waals surface area contributed by atoms with Gasteiger partial charge in [0.1, 0.15) is 0 Å². The van der Waals surface area contributed by atoms with Gasteiger partial charge in [0.2, 0.25) is 5.91 Å². The van der Waals surface area contributed by atoms with Gasteiger partial charge in [0.15, 0.2) is 5.78 Å². The molecule has 0 radical (unpaired) electrons. The summed E-state index contributed by atoms with van der Waals surface area (Å²) in [6.45, 7) is 5.63. The quantitative estimate of drug-likeness (QED) is 0.848. The van der Waals surface area contributed by atoms with E-state index in [0.717, 1.165) is 31.5 Å². The maximum atomic E-state index is 12.2. The van der Waals surface area contributed by atoms with Crippen molar-refractivity contribution < 1.29 is 9.59 Å². The van der Waals surface area contributed by atoms with Crippen LogP contribution in [0.4, 0.5) is 5.69 Å². The number of Topliss-reactive ketones (excluding diaryl/α,β-unsaturated/α-hetero) is 1. The van der Waals surface area contributed by atoms with Crippen LogP contribution in [-0.4, -0.2) is 31.3 Å². The fourth-order valence-electron chi connectivity index (χ4n) is 2.96. The fourth-order valence-corrected chi connectivity index (χ4v) is 2.96. The van der Waals surface area contributed by atoms with Crippen LogP contribution in [0.5, 0.6) is 0 Å². The van der Waals surface area contributed by atoms with E-state index in [9.17, 15) is 9.59 Å². The Bertz CT molecular complexity index is 634. The number of amides is 1. The van der Waals surface area contributed by atoms with Gasteiger partial charge in [-0.15, -0.1) is 0 Å². The molecule has 1 aliphatic heterocycles. The lowest BCUT2D eigenvalue weighted by atomic mass is 9.95. The molecule has 1 atom stereocenters. The third kappa shape index (κ3) is 4.10. The van der Waals surface area contributed by atoms with E-state index in [0.29, 0.717) is 24.2 Å². The molecule has 0 spiro atoms. The molecule has 1 amide bonds. The molecule has 5 heteroatoms. The third-order valence-corrected chi connectivity index (χ3v) is 4.19. The van der Waals surface area contributed by atoms with Crippen LogP contribution in [0, 0.1) is 17.2 Å². The van der Waals surface area contributed by atoms with Gasteiger partial charge in [0.05, 0.1) is 17.6 Å². The number of hydrogen-bond acceptors (Lipinski definition) is 4. The summed E-state index contributed by atoms with van der Waals surface area (Å²) < 4.78 is 0. The minimum atomic E-state index is -0.0687. The van der Waals surface area contributed by atoms with Crippen molar-refractivity contribution in [2.45, 2.75) is 33.1 Å². The number of hydrogen-bond donors (Lipinski definition) is 1. The monoisotopic (exact) mass is 313 g/mol. The largest absolute Gasteiger partial charge is 0.370 e.